The zero-order valence-corrected chi connectivity index (χ0v) is 12.8. The fraction of sp³-hybridized carbons (Fsp3) is 0.250. The number of aryl methyl sites for hydroxylation is 1. The van der Waals surface area contributed by atoms with E-state index in [2.05, 4.69) is 44.7 Å². The molecule has 1 aromatic carbocycles. The standard InChI is InChI=1S/C16H17ClN4/c1-10-11(2)20-16(21-15(10)17)18-8-7-12-9-19-14-6-4-3-5-13(12)14/h3-6,9,19H,7-8H2,1-2H3,(H,18,20,21). The van der Waals surface area contributed by atoms with Crippen molar-refractivity contribution in [3.05, 3.63) is 52.4 Å². The third-order valence-electron chi connectivity index (χ3n) is 3.68. The van der Waals surface area contributed by atoms with Gasteiger partial charge in [0, 0.05) is 34.9 Å². The summed E-state index contributed by atoms with van der Waals surface area (Å²) < 4.78 is 0. The average Bonchev–Trinajstić information content (AvgIpc) is 2.88. The fourth-order valence-electron chi connectivity index (χ4n) is 2.32. The summed E-state index contributed by atoms with van der Waals surface area (Å²) in [5, 5.41) is 5.01. The number of nitrogens with zero attached hydrogens (tertiary/aromatic N) is 2. The highest BCUT2D eigenvalue weighted by atomic mass is 35.5. The molecule has 0 unspecified atom stereocenters. The van der Waals surface area contributed by atoms with Gasteiger partial charge in [0.15, 0.2) is 0 Å². The summed E-state index contributed by atoms with van der Waals surface area (Å²) in [6, 6.07) is 8.30. The lowest BCUT2D eigenvalue weighted by molar-refractivity contribution is 0.971. The Kier molecular flexibility index (Phi) is 3.80. The maximum Gasteiger partial charge on any atom is 0.224 e. The van der Waals surface area contributed by atoms with E-state index < -0.39 is 0 Å². The Morgan fingerprint density at radius 1 is 1.19 bits per heavy atom. The molecule has 0 aliphatic heterocycles. The van der Waals surface area contributed by atoms with Crippen molar-refractivity contribution in [2.45, 2.75) is 20.3 Å². The van der Waals surface area contributed by atoms with Crippen LogP contribution in [-0.4, -0.2) is 21.5 Å². The summed E-state index contributed by atoms with van der Waals surface area (Å²) in [6.45, 7) is 4.63. The Bertz CT molecular complexity index is 756. The van der Waals surface area contributed by atoms with Crippen molar-refractivity contribution >= 4 is 28.5 Å². The number of hydrogen-bond acceptors (Lipinski definition) is 3. The molecule has 3 rings (SSSR count). The highest BCUT2D eigenvalue weighted by Crippen LogP contribution is 2.19. The molecule has 0 radical (unpaired) electrons. The van der Waals surface area contributed by atoms with Gasteiger partial charge in [-0.25, -0.2) is 9.97 Å². The van der Waals surface area contributed by atoms with Gasteiger partial charge in [0.25, 0.3) is 0 Å². The summed E-state index contributed by atoms with van der Waals surface area (Å²) in [5.41, 5.74) is 4.29. The van der Waals surface area contributed by atoms with E-state index in [9.17, 15) is 0 Å². The van der Waals surface area contributed by atoms with Crippen molar-refractivity contribution < 1.29 is 0 Å². The molecule has 0 atom stereocenters. The lowest BCUT2D eigenvalue weighted by Gasteiger charge is -2.08. The molecule has 108 valence electrons. The van der Waals surface area contributed by atoms with Gasteiger partial charge in [-0.1, -0.05) is 29.8 Å². The van der Waals surface area contributed by atoms with Crippen LogP contribution < -0.4 is 5.32 Å². The van der Waals surface area contributed by atoms with E-state index in [-0.39, 0.29) is 0 Å². The predicted octanol–water partition coefficient (Wildman–Crippen LogP) is 3.88. The van der Waals surface area contributed by atoms with E-state index in [0.29, 0.717) is 11.1 Å². The van der Waals surface area contributed by atoms with Crippen molar-refractivity contribution in [1.29, 1.82) is 0 Å². The second-order valence-corrected chi connectivity index (χ2v) is 5.44. The zero-order chi connectivity index (χ0) is 14.8. The minimum absolute atomic E-state index is 0.511. The molecule has 2 N–H and O–H groups in total. The van der Waals surface area contributed by atoms with E-state index >= 15 is 0 Å². The zero-order valence-electron chi connectivity index (χ0n) is 12.1. The van der Waals surface area contributed by atoms with Gasteiger partial charge in [-0.15, -0.1) is 0 Å². The van der Waals surface area contributed by atoms with Crippen LogP contribution in [0, 0.1) is 13.8 Å². The van der Waals surface area contributed by atoms with Gasteiger partial charge in [0.2, 0.25) is 5.95 Å². The Labute approximate surface area is 128 Å². The van der Waals surface area contributed by atoms with Crippen LogP contribution in [0.3, 0.4) is 0 Å². The van der Waals surface area contributed by atoms with Crippen LogP contribution in [-0.2, 0) is 6.42 Å². The highest BCUT2D eigenvalue weighted by molar-refractivity contribution is 6.30. The summed E-state index contributed by atoms with van der Waals surface area (Å²) >= 11 is 6.08. The first-order valence-corrected chi connectivity index (χ1v) is 7.32. The number of nitrogens with one attached hydrogen (secondary N) is 2. The summed E-state index contributed by atoms with van der Waals surface area (Å²) in [4.78, 5) is 11.9. The highest BCUT2D eigenvalue weighted by Gasteiger charge is 2.06. The molecule has 2 heterocycles. The molecule has 4 nitrogen and oxygen atoms in total. The van der Waals surface area contributed by atoms with E-state index in [1.54, 1.807) is 0 Å². The maximum absolute atomic E-state index is 6.08. The Hall–Kier alpha value is -2.07. The second kappa shape index (κ2) is 5.74. The van der Waals surface area contributed by atoms with Gasteiger partial charge in [0.05, 0.1) is 0 Å². The van der Waals surface area contributed by atoms with E-state index in [1.807, 2.05) is 19.9 Å². The van der Waals surface area contributed by atoms with E-state index in [4.69, 9.17) is 11.6 Å². The molecule has 0 saturated carbocycles. The average molecular weight is 301 g/mol. The molecule has 21 heavy (non-hydrogen) atoms. The quantitative estimate of drug-likeness (QED) is 0.719. The number of aromatic nitrogens is 3. The van der Waals surface area contributed by atoms with Crippen LogP contribution >= 0.6 is 11.6 Å². The number of anilines is 1. The van der Waals surface area contributed by atoms with Crippen molar-refractivity contribution in [2.75, 3.05) is 11.9 Å². The number of aromatic amines is 1. The van der Waals surface area contributed by atoms with Crippen LogP contribution in [0.25, 0.3) is 10.9 Å². The number of halogens is 1. The third kappa shape index (κ3) is 2.85. The Balaban J connectivity index is 1.69. The van der Waals surface area contributed by atoms with Crippen LogP contribution in [0.4, 0.5) is 5.95 Å². The first kappa shape index (κ1) is 13.9. The Morgan fingerprint density at radius 2 is 2.00 bits per heavy atom. The monoisotopic (exact) mass is 300 g/mol. The second-order valence-electron chi connectivity index (χ2n) is 5.08. The van der Waals surface area contributed by atoms with Crippen LogP contribution in [0.5, 0.6) is 0 Å². The first-order chi connectivity index (χ1) is 10.1. The van der Waals surface area contributed by atoms with Gasteiger partial charge in [-0.05, 0) is 31.9 Å². The minimum atomic E-state index is 0.511. The van der Waals surface area contributed by atoms with Crippen molar-refractivity contribution in [1.82, 2.24) is 15.0 Å². The number of para-hydroxylation sites is 1. The molecule has 0 spiro atoms. The molecule has 0 aliphatic rings. The number of hydrogen-bond donors (Lipinski definition) is 2. The first-order valence-electron chi connectivity index (χ1n) is 6.95. The van der Waals surface area contributed by atoms with Gasteiger partial charge in [0.1, 0.15) is 5.15 Å². The Morgan fingerprint density at radius 3 is 2.81 bits per heavy atom. The molecule has 0 bridgehead atoms. The molecular weight excluding hydrogens is 284 g/mol. The SMILES string of the molecule is Cc1nc(NCCc2c[nH]c3ccccc23)nc(Cl)c1C. The van der Waals surface area contributed by atoms with Crippen molar-refractivity contribution in [3.63, 3.8) is 0 Å². The maximum atomic E-state index is 6.08. The van der Waals surface area contributed by atoms with Crippen molar-refractivity contribution in [2.24, 2.45) is 0 Å². The van der Waals surface area contributed by atoms with Gasteiger partial charge in [-0.3, -0.25) is 0 Å². The predicted molar refractivity (Wildman–Crippen MR) is 87.0 cm³/mol. The smallest absolute Gasteiger partial charge is 0.224 e. The number of rotatable bonds is 4. The minimum Gasteiger partial charge on any atom is -0.361 e. The molecule has 3 aromatic rings. The molecule has 2 aromatic heterocycles. The van der Waals surface area contributed by atoms with Gasteiger partial charge >= 0.3 is 0 Å². The number of benzene rings is 1. The molecule has 0 fully saturated rings. The number of H-pyrrole nitrogens is 1. The van der Waals surface area contributed by atoms with Gasteiger partial charge in [-0.2, -0.15) is 0 Å². The van der Waals surface area contributed by atoms with Crippen LogP contribution in [0.1, 0.15) is 16.8 Å². The normalized spacial score (nSPS) is 11.0. The summed E-state index contributed by atoms with van der Waals surface area (Å²) in [5.74, 6) is 0.586. The van der Waals surface area contributed by atoms with Gasteiger partial charge < -0.3 is 10.3 Å². The van der Waals surface area contributed by atoms with Crippen molar-refractivity contribution in [3.8, 4) is 0 Å². The fourth-order valence-corrected chi connectivity index (χ4v) is 2.54. The third-order valence-corrected chi connectivity index (χ3v) is 4.05. The molecular formula is C16H17ClN4. The van der Waals surface area contributed by atoms with Crippen LogP contribution in [0.2, 0.25) is 5.15 Å². The van der Waals surface area contributed by atoms with Crippen LogP contribution in [0.15, 0.2) is 30.5 Å². The molecule has 0 saturated heterocycles. The number of fused-ring (bicyclic) bond motifs is 1. The van der Waals surface area contributed by atoms with E-state index in [0.717, 1.165) is 29.7 Å². The molecule has 0 aliphatic carbocycles. The van der Waals surface area contributed by atoms with E-state index in [1.165, 1.54) is 10.9 Å². The molecule has 5 heteroatoms. The largest absolute Gasteiger partial charge is 0.361 e. The summed E-state index contributed by atoms with van der Waals surface area (Å²) in [7, 11) is 0. The topological polar surface area (TPSA) is 53.6 Å². The molecule has 0 amide bonds. The lowest BCUT2D eigenvalue weighted by atomic mass is 10.1. The summed E-state index contributed by atoms with van der Waals surface area (Å²) in [6.07, 6.45) is 2.96. The lowest BCUT2D eigenvalue weighted by Crippen LogP contribution is -2.09.